The van der Waals surface area contributed by atoms with Gasteiger partial charge in [-0.05, 0) is 55.0 Å². The number of non-ortho nitro benzene ring substituents is 1. The summed E-state index contributed by atoms with van der Waals surface area (Å²) in [5, 5.41) is 23.1. The van der Waals surface area contributed by atoms with Gasteiger partial charge < -0.3 is 14.8 Å². The van der Waals surface area contributed by atoms with Crippen molar-refractivity contribution in [2.75, 3.05) is 18.0 Å². The predicted molar refractivity (Wildman–Crippen MR) is 147 cm³/mol. The minimum Gasteiger partial charge on any atom is -0.366 e. The van der Waals surface area contributed by atoms with E-state index in [1.54, 1.807) is 18.2 Å². The van der Waals surface area contributed by atoms with Crippen molar-refractivity contribution in [3.63, 3.8) is 0 Å². The van der Waals surface area contributed by atoms with Crippen LogP contribution in [0.25, 0.3) is 5.65 Å². The molecule has 3 aliphatic rings. The Bertz CT molecular complexity index is 1700. The number of hydrogen-bond donors (Lipinski definition) is 1. The number of nitrogens with zero attached hydrogens (tertiary/aromatic N) is 6. The molecule has 6 heterocycles. The Labute approximate surface area is 229 Å². The Hall–Kier alpha value is -4.54. The lowest BCUT2D eigenvalue weighted by Gasteiger charge is -2.54. The molecule has 1 aromatic carbocycles. The van der Waals surface area contributed by atoms with Crippen LogP contribution in [0.3, 0.4) is 0 Å². The molecule has 1 amide bonds. The van der Waals surface area contributed by atoms with Crippen LogP contribution in [0, 0.1) is 22.0 Å². The second kappa shape index (κ2) is 9.58. The van der Waals surface area contributed by atoms with E-state index < -0.39 is 0 Å². The third-order valence-electron chi connectivity index (χ3n) is 8.80. The fourth-order valence-electron chi connectivity index (χ4n) is 7.10. The number of amides is 1. The van der Waals surface area contributed by atoms with Gasteiger partial charge in [-0.15, -0.1) is 10.2 Å². The number of carbonyl (C=O) groups is 1. The minimum atomic E-state index is -0.386. The number of rotatable bonds is 6. The van der Waals surface area contributed by atoms with Crippen LogP contribution in [0.2, 0.25) is 0 Å². The summed E-state index contributed by atoms with van der Waals surface area (Å²) < 4.78 is 3.82. The Morgan fingerprint density at radius 3 is 2.88 bits per heavy atom. The lowest BCUT2D eigenvalue weighted by molar-refractivity contribution is -0.384. The van der Waals surface area contributed by atoms with Crippen molar-refractivity contribution in [1.29, 1.82) is 0 Å². The van der Waals surface area contributed by atoms with Gasteiger partial charge in [-0.2, -0.15) is 0 Å². The molecule has 1 N–H and O–H groups in total. The standard InChI is InChI=1S/C29H29N7O4/c37-27-8-3-5-23-19-13-20(17-34(23)27)28-22(15-18-14-21(36(39)40)9-10-24(18)35(28)16-19)29(38)30-11-4-7-26-32-31-25-6-1-2-12-33(25)26/h1-3,5-6,8-10,12,14,19-20,22,28H,4,7,11,13,15-17H2,(H,30,38)/t19-,20-,22+,28-/m0/s1. The van der Waals surface area contributed by atoms with E-state index >= 15 is 0 Å². The molecule has 40 heavy (non-hydrogen) atoms. The third-order valence-corrected chi connectivity index (χ3v) is 8.80. The first kappa shape index (κ1) is 24.5. The van der Waals surface area contributed by atoms with Crippen LogP contribution in [0.4, 0.5) is 11.4 Å². The van der Waals surface area contributed by atoms with Crippen molar-refractivity contribution < 1.29 is 9.72 Å². The minimum absolute atomic E-state index is 0.00510. The van der Waals surface area contributed by atoms with Gasteiger partial charge in [0.15, 0.2) is 5.65 Å². The average molecular weight is 540 g/mol. The number of aromatic nitrogens is 4. The third kappa shape index (κ3) is 4.04. The second-order valence-corrected chi connectivity index (χ2v) is 11.1. The van der Waals surface area contributed by atoms with Crippen molar-refractivity contribution in [2.24, 2.45) is 11.8 Å². The number of fused-ring (bicyclic) bond motifs is 9. The van der Waals surface area contributed by atoms with Crippen LogP contribution >= 0.6 is 0 Å². The highest BCUT2D eigenvalue weighted by molar-refractivity contribution is 5.82. The van der Waals surface area contributed by atoms with Gasteiger partial charge >= 0.3 is 0 Å². The van der Waals surface area contributed by atoms with Crippen molar-refractivity contribution in [3.8, 4) is 0 Å². The van der Waals surface area contributed by atoms with E-state index in [0.29, 0.717) is 38.9 Å². The van der Waals surface area contributed by atoms with Gasteiger partial charge in [0.2, 0.25) is 5.91 Å². The van der Waals surface area contributed by atoms with Gasteiger partial charge in [0.1, 0.15) is 5.82 Å². The maximum Gasteiger partial charge on any atom is 0.269 e. The van der Waals surface area contributed by atoms with Gasteiger partial charge in [-0.1, -0.05) is 12.1 Å². The zero-order chi connectivity index (χ0) is 27.4. The molecule has 0 spiro atoms. The summed E-state index contributed by atoms with van der Waals surface area (Å²) in [7, 11) is 0. The molecule has 4 aromatic rings. The van der Waals surface area contributed by atoms with Crippen LogP contribution < -0.4 is 15.8 Å². The molecular formula is C29H29N7O4. The maximum atomic E-state index is 13.8. The van der Waals surface area contributed by atoms with Crippen LogP contribution in [0.5, 0.6) is 0 Å². The zero-order valence-corrected chi connectivity index (χ0v) is 21.8. The smallest absolute Gasteiger partial charge is 0.269 e. The highest BCUT2D eigenvalue weighted by Gasteiger charge is 2.49. The molecule has 11 nitrogen and oxygen atoms in total. The largest absolute Gasteiger partial charge is 0.366 e. The first-order chi connectivity index (χ1) is 19.5. The van der Waals surface area contributed by atoms with E-state index in [2.05, 4.69) is 20.4 Å². The fourth-order valence-corrected chi connectivity index (χ4v) is 7.10. The summed E-state index contributed by atoms with van der Waals surface area (Å²) in [6.45, 7) is 1.72. The van der Waals surface area contributed by atoms with Gasteiger partial charge in [0.25, 0.3) is 11.2 Å². The molecule has 3 aromatic heterocycles. The Kier molecular flexibility index (Phi) is 5.87. The fraction of sp³-hybridized carbons (Fsp3) is 0.379. The van der Waals surface area contributed by atoms with Crippen molar-refractivity contribution in [3.05, 3.63) is 98.3 Å². The molecule has 1 saturated heterocycles. The molecule has 2 bridgehead atoms. The summed E-state index contributed by atoms with van der Waals surface area (Å²) in [6, 6.07) is 16.1. The summed E-state index contributed by atoms with van der Waals surface area (Å²) >= 11 is 0. The molecule has 4 atom stereocenters. The van der Waals surface area contributed by atoms with Crippen LogP contribution in [0.1, 0.15) is 35.8 Å². The number of piperidine rings is 1. The summed E-state index contributed by atoms with van der Waals surface area (Å²) in [5.41, 5.74) is 3.63. The topological polar surface area (TPSA) is 128 Å². The highest BCUT2D eigenvalue weighted by atomic mass is 16.6. The molecule has 1 fully saturated rings. The summed E-state index contributed by atoms with van der Waals surface area (Å²) in [6.07, 6.45) is 4.65. The van der Waals surface area contributed by atoms with Crippen LogP contribution in [0.15, 0.2) is 65.6 Å². The van der Waals surface area contributed by atoms with Gasteiger partial charge in [0, 0.05) is 73.8 Å². The second-order valence-electron chi connectivity index (χ2n) is 11.1. The first-order valence-corrected chi connectivity index (χ1v) is 13.8. The van der Waals surface area contributed by atoms with E-state index in [1.807, 2.05) is 51.6 Å². The number of carbonyl (C=O) groups excluding carboxylic acids is 1. The lowest BCUT2D eigenvalue weighted by Crippen LogP contribution is -2.61. The Balaban J connectivity index is 1.14. The lowest BCUT2D eigenvalue weighted by atomic mass is 9.70. The maximum absolute atomic E-state index is 13.8. The van der Waals surface area contributed by atoms with Gasteiger partial charge in [0.05, 0.1) is 10.8 Å². The molecule has 7 rings (SSSR count). The molecule has 0 aliphatic carbocycles. The molecule has 0 unspecified atom stereocenters. The van der Waals surface area contributed by atoms with Crippen molar-refractivity contribution in [1.82, 2.24) is 24.5 Å². The molecule has 204 valence electrons. The SMILES string of the molecule is O=C(NCCCc1nnc2ccccn12)[C@@H]1Cc2cc([N+](=O)[O-])ccc2N2C[C@@H]3C[C@@H](Cn4c3cccc4=O)[C@@H]12. The number of aryl methyl sites for hydroxylation is 1. The average Bonchev–Trinajstić information content (AvgIpc) is 3.38. The number of anilines is 1. The zero-order valence-electron chi connectivity index (χ0n) is 21.8. The molecular weight excluding hydrogens is 510 g/mol. The first-order valence-electron chi connectivity index (χ1n) is 13.8. The number of benzene rings is 1. The number of nitro benzene ring substituents is 1. The highest BCUT2D eigenvalue weighted by Crippen LogP contribution is 2.47. The van der Waals surface area contributed by atoms with Crippen molar-refractivity contribution >= 4 is 22.9 Å². The van der Waals surface area contributed by atoms with Gasteiger partial charge in [-0.25, -0.2) is 0 Å². The molecule has 0 radical (unpaired) electrons. The van der Waals surface area contributed by atoms with Crippen LogP contribution in [-0.2, 0) is 24.2 Å². The van der Waals surface area contributed by atoms with E-state index in [9.17, 15) is 19.7 Å². The molecule has 0 saturated carbocycles. The summed E-state index contributed by atoms with van der Waals surface area (Å²) in [5.74, 6) is 0.692. The monoisotopic (exact) mass is 539 g/mol. The normalized spacial score (nSPS) is 22.8. The van der Waals surface area contributed by atoms with E-state index in [0.717, 1.165) is 34.8 Å². The van der Waals surface area contributed by atoms with E-state index in [4.69, 9.17) is 0 Å². The summed E-state index contributed by atoms with van der Waals surface area (Å²) in [4.78, 5) is 39.9. The Morgan fingerprint density at radius 2 is 2.00 bits per heavy atom. The number of nitrogens with one attached hydrogen (secondary N) is 1. The van der Waals surface area contributed by atoms with E-state index in [-0.39, 0.29) is 45.9 Å². The Morgan fingerprint density at radius 1 is 1.10 bits per heavy atom. The van der Waals surface area contributed by atoms with Crippen LogP contribution in [-0.4, -0.2) is 49.1 Å². The number of pyridine rings is 2. The predicted octanol–water partition coefficient (Wildman–Crippen LogP) is 2.71. The number of hydrogen-bond acceptors (Lipinski definition) is 7. The van der Waals surface area contributed by atoms with E-state index in [1.165, 1.54) is 0 Å². The number of nitro groups is 1. The van der Waals surface area contributed by atoms with Gasteiger partial charge in [-0.3, -0.25) is 24.1 Å². The quantitative estimate of drug-likeness (QED) is 0.227. The molecule has 3 aliphatic heterocycles. The van der Waals surface area contributed by atoms with Crippen molar-refractivity contribution in [2.45, 2.75) is 44.2 Å². The molecule has 11 heteroatoms.